The van der Waals surface area contributed by atoms with Crippen molar-refractivity contribution >= 4 is 23.0 Å². The van der Waals surface area contributed by atoms with Gasteiger partial charge in [-0.25, -0.2) is 0 Å². The Morgan fingerprint density at radius 1 is 1.13 bits per heavy atom. The number of carbonyl (C=O) groups is 2. The zero-order chi connectivity index (χ0) is 16.7. The number of hydrogen-bond acceptors (Lipinski definition) is 4. The van der Waals surface area contributed by atoms with E-state index in [1.54, 1.807) is 13.0 Å². The minimum absolute atomic E-state index is 0.0207. The third-order valence-corrected chi connectivity index (χ3v) is 4.54. The van der Waals surface area contributed by atoms with E-state index in [1.807, 2.05) is 41.8 Å². The van der Waals surface area contributed by atoms with Crippen LogP contribution in [0.25, 0.3) is 0 Å². The highest BCUT2D eigenvalue weighted by atomic mass is 32.1. The molecular formula is C18H21NO3S. The summed E-state index contributed by atoms with van der Waals surface area (Å²) in [7, 11) is 0. The second kappa shape index (κ2) is 8.60. The largest absolute Gasteiger partial charge is 0.391 e. The lowest BCUT2D eigenvalue weighted by Crippen LogP contribution is -2.42. The maximum Gasteiger partial charge on any atom is 0.220 e. The predicted octanol–water partition coefficient (Wildman–Crippen LogP) is 2.82. The van der Waals surface area contributed by atoms with Crippen molar-refractivity contribution in [3.05, 3.63) is 58.3 Å². The number of nitrogens with one attached hydrogen (secondary N) is 1. The molecule has 0 radical (unpaired) electrons. The number of rotatable bonds is 8. The Kier molecular flexibility index (Phi) is 6.50. The molecular weight excluding hydrogens is 310 g/mol. The van der Waals surface area contributed by atoms with E-state index in [1.165, 1.54) is 11.3 Å². The molecule has 0 saturated carbocycles. The Bertz CT molecular complexity index is 625. The van der Waals surface area contributed by atoms with Crippen molar-refractivity contribution in [3.63, 3.8) is 0 Å². The second-order valence-electron chi connectivity index (χ2n) is 5.51. The molecule has 1 heterocycles. The van der Waals surface area contributed by atoms with Gasteiger partial charge in [-0.2, -0.15) is 0 Å². The molecule has 0 saturated heterocycles. The van der Waals surface area contributed by atoms with Crippen LogP contribution in [0, 0.1) is 0 Å². The highest BCUT2D eigenvalue weighted by Gasteiger charge is 2.18. The molecule has 2 N–H and O–H groups in total. The Labute approximate surface area is 140 Å². The number of ketones is 1. The Balaban J connectivity index is 1.74. The summed E-state index contributed by atoms with van der Waals surface area (Å²) in [6.45, 7) is 1.77. The third kappa shape index (κ3) is 5.62. The van der Waals surface area contributed by atoms with Gasteiger partial charge in [-0.15, -0.1) is 11.3 Å². The molecule has 0 bridgehead atoms. The van der Waals surface area contributed by atoms with E-state index in [9.17, 15) is 14.7 Å². The maximum absolute atomic E-state index is 11.9. The van der Waals surface area contributed by atoms with Crippen molar-refractivity contribution < 1.29 is 14.7 Å². The molecule has 5 heteroatoms. The summed E-state index contributed by atoms with van der Waals surface area (Å²) in [5.41, 5.74) is 1.02. The summed E-state index contributed by atoms with van der Waals surface area (Å²) in [6.07, 6.45) is 0.151. The van der Waals surface area contributed by atoms with E-state index in [0.717, 1.165) is 5.56 Å². The van der Waals surface area contributed by atoms with Crippen LogP contribution >= 0.6 is 11.3 Å². The van der Waals surface area contributed by atoms with E-state index >= 15 is 0 Å². The Morgan fingerprint density at radius 2 is 1.87 bits per heavy atom. The van der Waals surface area contributed by atoms with E-state index in [4.69, 9.17) is 0 Å². The molecule has 0 fully saturated rings. The fraction of sp³-hybridized carbons (Fsp3) is 0.333. The number of Topliss-reactive ketones (excluding diaryl/α,β-unsaturated/α-hetero) is 1. The minimum atomic E-state index is -0.658. The quantitative estimate of drug-likeness (QED) is 0.731. The summed E-state index contributed by atoms with van der Waals surface area (Å²) in [5.74, 6) is -0.234. The molecule has 4 nitrogen and oxygen atoms in total. The fourth-order valence-electron chi connectivity index (χ4n) is 2.24. The average Bonchev–Trinajstić information content (AvgIpc) is 3.08. The van der Waals surface area contributed by atoms with Gasteiger partial charge in [0.1, 0.15) is 0 Å². The van der Waals surface area contributed by atoms with Gasteiger partial charge in [0.2, 0.25) is 5.91 Å². The van der Waals surface area contributed by atoms with Crippen LogP contribution < -0.4 is 5.32 Å². The minimum Gasteiger partial charge on any atom is -0.391 e. The molecule has 0 aliphatic carbocycles. The monoisotopic (exact) mass is 331 g/mol. The molecule has 2 unspecified atom stereocenters. The molecule has 122 valence electrons. The topological polar surface area (TPSA) is 66.4 Å². The summed E-state index contributed by atoms with van der Waals surface area (Å²) < 4.78 is 0. The lowest BCUT2D eigenvalue weighted by molar-refractivity contribution is -0.122. The molecule has 0 spiro atoms. The van der Waals surface area contributed by atoms with Crippen LogP contribution in [0.4, 0.5) is 0 Å². The zero-order valence-corrected chi connectivity index (χ0v) is 13.9. The smallest absolute Gasteiger partial charge is 0.220 e. The number of aliphatic hydroxyl groups is 1. The molecule has 2 atom stereocenters. The van der Waals surface area contributed by atoms with Crippen LogP contribution in [-0.4, -0.2) is 28.9 Å². The van der Waals surface area contributed by atoms with Gasteiger partial charge < -0.3 is 10.4 Å². The van der Waals surface area contributed by atoms with Gasteiger partial charge in [0.25, 0.3) is 0 Å². The van der Waals surface area contributed by atoms with Crippen molar-refractivity contribution in [2.45, 2.75) is 38.3 Å². The number of hydrogen-bond donors (Lipinski definition) is 2. The molecule has 2 aromatic rings. The fourth-order valence-corrected chi connectivity index (χ4v) is 2.94. The first-order valence-electron chi connectivity index (χ1n) is 7.64. The molecule has 23 heavy (non-hydrogen) atoms. The van der Waals surface area contributed by atoms with Crippen LogP contribution in [0.3, 0.4) is 0 Å². The van der Waals surface area contributed by atoms with Crippen LogP contribution in [0.2, 0.25) is 0 Å². The number of carbonyl (C=O) groups excluding carboxylic acids is 2. The van der Waals surface area contributed by atoms with Crippen LogP contribution in [-0.2, 0) is 11.2 Å². The van der Waals surface area contributed by atoms with Crippen LogP contribution in [0.5, 0.6) is 0 Å². The molecule has 1 amide bonds. The Morgan fingerprint density at radius 3 is 2.52 bits per heavy atom. The lowest BCUT2D eigenvalue weighted by Gasteiger charge is -2.20. The van der Waals surface area contributed by atoms with E-state index in [2.05, 4.69) is 5.32 Å². The molecule has 1 aromatic carbocycles. The first-order chi connectivity index (χ1) is 11.1. The van der Waals surface area contributed by atoms with E-state index < -0.39 is 6.10 Å². The summed E-state index contributed by atoms with van der Waals surface area (Å²) in [6, 6.07) is 12.9. The van der Waals surface area contributed by atoms with Gasteiger partial charge in [-0.05, 0) is 23.9 Å². The SMILES string of the molecule is CC(NC(=O)CCC(=O)c1cccs1)C(O)Cc1ccccc1. The van der Waals surface area contributed by atoms with Gasteiger partial charge in [-0.3, -0.25) is 9.59 Å². The van der Waals surface area contributed by atoms with E-state index in [-0.39, 0.29) is 30.6 Å². The number of thiophene rings is 1. The number of benzene rings is 1. The standard InChI is InChI=1S/C18H21NO3S/c1-13(16(21)12-14-6-3-2-4-7-14)19-18(22)10-9-15(20)17-8-5-11-23-17/h2-8,11,13,16,21H,9-10,12H2,1H3,(H,19,22). The highest BCUT2D eigenvalue weighted by molar-refractivity contribution is 7.12. The van der Waals surface area contributed by atoms with Crippen molar-refractivity contribution in [2.75, 3.05) is 0 Å². The van der Waals surface area contributed by atoms with Crippen molar-refractivity contribution in [1.29, 1.82) is 0 Å². The van der Waals surface area contributed by atoms with Gasteiger partial charge >= 0.3 is 0 Å². The zero-order valence-electron chi connectivity index (χ0n) is 13.1. The van der Waals surface area contributed by atoms with Crippen LogP contribution in [0.15, 0.2) is 47.8 Å². The molecule has 1 aromatic heterocycles. The first-order valence-corrected chi connectivity index (χ1v) is 8.52. The normalized spacial score (nSPS) is 13.3. The van der Waals surface area contributed by atoms with Gasteiger partial charge in [-0.1, -0.05) is 36.4 Å². The van der Waals surface area contributed by atoms with Crippen molar-refractivity contribution in [3.8, 4) is 0 Å². The molecule has 0 aliphatic heterocycles. The summed E-state index contributed by atoms with van der Waals surface area (Å²) in [5, 5.41) is 14.8. The molecule has 2 rings (SSSR count). The second-order valence-corrected chi connectivity index (χ2v) is 6.46. The average molecular weight is 331 g/mol. The van der Waals surface area contributed by atoms with E-state index in [0.29, 0.717) is 11.3 Å². The van der Waals surface area contributed by atoms with Crippen molar-refractivity contribution in [2.24, 2.45) is 0 Å². The summed E-state index contributed by atoms with van der Waals surface area (Å²) >= 11 is 1.38. The lowest BCUT2D eigenvalue weighted by atomic mass is 10.0. The first kappa shape index (κ1) is 17.4. The third-order valence-electron chi connectivity index (χ3n) is 3.63. The van der Waals surface area contributed by atoms with Gasteiger partial charge in [0.15, 0.2) is 5.78 Å². The maximum atomic E-state index is 11.9. The van der Waals surface area contributed by atoms with Gasteiger partial charge in [0, 0.05) is 19.3 Å². The predicted molar refractivity (Wildman–Crippen MR) is 91.6 cm³/mol. The van der Waals surface area contributed by atoms with Crippen molar-refractivity contribution in [1.82, 2.24) is 5.32 Å². The number of amides is 1. The summed E-state index contributed by atoms with van der Waals surface area (Å²) in [4.78, 5) is 24.4. The number of aliphatic hydroxyl groups excluding tert-OH is 1. The Hall–Kier alpha value is -1.98. The van der Waals surface area contributed by atoms with Gasteiger partial charge in [0.05, 0.1) is 17.0 Å². The molecule has 0 aliphatic rings. The highest BCUT2D eigenvalue weighted by Crippen LogP contribution is 2.12. The van der Waals surface area contributed by atoms with Crippen LogP contribution in [0.1, 0.15) is 35.0 Å².